The van der Waals surface area contributed by atoms with E-state index in [4.69, 9.17) is 4.74 Å². The van der Waals surface area contributed by atoms with E-state index in [1.807, 2.05) is 0 Å². The smallest absolute Gasteiger partial charge is 0.122 e. The summed E-state index contributed by atoms with van der Waals surface area (Å²) in [4.78, 5) is 0. The van der Waals surface area contributed by atoms with Crippen LogP contribution < -0.4 is 10.1 Å². The number of nitrogens with one attached hydrogen (secondary N) is 1. The highest BCUT2D eigenvalue weighted by Gasteiger charge is 2.24. The predicted octanol–water partition coefficient (Wildman–Crippen LogP) is 4.56. The average Bonchev–Trinajstić information content (AvgIpc) is 2.66. The lowest BCUT2D eigenvalue weighted by Crippen LogP contribution is -2.36. The number of methoxy groups -OCH3 is 1. The molecule has 1 saturated carbocycles. The van der Waals surface area contributed by atoms with Crippen molar-refractivity contribution in [3.8, 4) is 5.75 Å². The van der Waals surface area contributed by atoms with Crippen LogP contribution in [0.5, 0.6) is 5.75 Å². The van der Waals surface area contributed by atoms with Crippen molar-refractivity contribution < 1.29 is 4.74 Å². The fourth-order valence-electron chi connectivity index (χ4n) is 3.35. The zero-order chi connectivity index (χ0) is 14.4. The second kappa shape index (κ2) is 8.04. The van der Waals surface area contributed by atoms with E-state index in [1.54, 1.807) is 7.11 Å². The third-order valence-corrected chi connectivity index (χ3v) is 4.84. The molecule has 2 unspecified atom stereocenters. The summed E-state index contributed by atoms with van der Waals surface area (Å²) in [6.07, 6.45) is 7.86. The summed E-state index contributed by atoms with van der Waals surface area (Å²) in [5.41, 5.74) is 1.33. The lowest BCUT2D eigenvalue weighted by Gasteiger charge is -2.26. The summed E-state index contributed by atoms with van der Waals surface area (Å²) < 4.78 is 6.67. The highest BCUT2D eigenvalue weighted by atomic mass is 79.9. The molecule has 20 heavy (non-hydrogen) atoms. The van der Waals surface area contributed by atoms with Crippen molar-refractivity contribution in [2.24, 2.45) is 5.92 Å². The quantitative estimate of drug-likeness (QED) is 0.794. The summed E-state index contributed by atoms with van der Waals surface area (Å²) in [6.45, 7) is 3.28. The molecule has 1 aromatic carbocycles. The van der Waals surface area contributed by atoms with Gasteiger partial charge < -0.3 is 10.1 Å². The van der Waals surface area contributed by atoms with Gasteiger partial charge >= 0.3 is 0 Å². The number of halogens is 1. The first-order chi connectivity index (χ1) is 9.74. The molecule has 0 saturated heterocycles. The maximum absolute atomic E-state index is 5.53. The summed E-state index contributed by atoms with van der Waals surface area (Å²) in [5, 5.41) is 3.69. The Bertz CT molecular complexity index is 421. The van der Waals surface area contributed by atoms with Crippen LogP contribution in [-0.4, -0.2) is 19.7 Å². The number of rotatable bonds is 5. The minimum atomic E-state index is 0.659. The Labute approximate surface area is 131 Å². The van der Waals surface area contributed by atoms with Gasteiger partial charge in [-0.15, -0.1) is 0 Å². The van der Waals surface area contributed by atoms with Crippen LogP contribution in [0.4, 0.5) is 0 Å². The van der Waals surface area contributed by atoms with Crippen molar-refractivity contribution in [2.45, 2.75) is 51.5 Å². The Kier molecular flexibility index (Phi) is 6.37. The third-order valence-electron chi connectivity index (χ3n) is 4.35. The molecule has 2 rings (SSSR count). The fourth-order valence-corrected chi connectivity index (χ4v) is 3.76. The Hall–Kier alpha value is -0.540. The van der Waals surface area contributed by atoms with E-state index in [-0.39, 0.29) is 0 Å². The van der Waals surface area contributed by atoms with Crippen LogP contribution in [0.25, 0.3) is 0 Å². The van der Waals surface area contributed by atoms with Gasteiger partial charge in [0.15, 0.2) is 0 Å². The average molecular weight is 340 g/mol. The van der Waals surface area contributed by atoms with E-state index >= 15 is 0 Å². The van der Waals surface area contributed by atoms with Gasteiger partial charge in [0.25, 0.3) is 0 Å². The maximum atomic E-state index is 5.53. The molecule has 1 fully saturated rings. The second-order valence-corrected chi connectivity index (χ2v) is 6.64. The molecule has 0 bridgehead atoms. The highest BCUT2D eigenvalue weighted by Crippen LogP contribution is 2.31. The molecular weight excluding hydrogens is 314 g/mol. The van der Waals surface area contributed by atoms with E-state index in [0.29, 0.717) is 6.04 Å². The molecule has 112 valence electrons. The van der Waals surface area contributed by atoms with E-state index in [1.165, 1.54) is 37.7 Å². The molecule has 3 heteroatoms. The van der Waals surface area contributed by atoms with Crippen LogP contribution in [-0.2, 0) is 6.42 Å². The first kappa shape index (κ1) is 15.8. The first-order valence-electron chi connectivity index (χ1n) is 7.80. The van der Waals surface area contributed by atoms with E-state index in [9.17, 15) is 0 Å². The van der Waals surface area contributed by atoms with Crippen LogP contribution in [0.15, 0.2) is 22.7 Å². The van der Waals surface area contributed by atoms with Gasteiger partial charge in [-0.25, -0.2) is 0 Å². The van der Waals surface area contributed by atoms with Gasteiger partial charge in [-0.1, -0.05) is 42.1 Å². The van der Waals surface area contributed by atoms with Crippen molar-refractivity contribution in [3.63, 3.8) is 0 Å². The molecule has 1 aliphatic carbocycles. The largest absolute Gasteiger partial charge is 0.496 e. The van der Waals surface area contributed by atoms with Crippen LogP contribution in [0, 0.1) is 5.92 Å². The van der Waals surface area contributed by atoms with Crippen LogP contribution in [0.1, 0.15) is 44.6 Å². The van der Waals surface area contributed by atoms with Gasteiger partial charge in [0.1, 0.15) is 5.75 Å². The molecule has 1 N–H and O–H groups in total. The molecule has 2 atom stereocenters. The monoisotopic (exact) mass is 339 g/mol. The molecule has 1 aromatic rings. The maximum Gasteiger partial charge on any atom is 0.122 e. The number of ether oxygens (including phenoxy) is 1. The second-order valence-electron chi connectivity index (χ2n) is 5.72. The Morgan fingerprint density at radius 2 is 2.05 bits per heavy atom. The normalized spacial score (nSPS) is 23.4. The Morgan fingerprint density at radius 3 is 2.80 bits per heavy atom. The zero-order valence-corrected chi connectivity index (χ0v) is 14.2. The number of hydrogen-bond donors (Lipinski definition) is 1. The third kappa shape index (κ3) is 4.23. The van der Waals surface area contributed by atoms with Gasteiger partial charge in [0.2, 0.25) is 0 Å². The van der Waals surface area contributed by atoms with Gasteiger partial charge in [-0.05, 0) is 55.5 Å². The van der Waals surface area contributed by atoms with E-state index < -0.39 is 0 Å². The summed E-state index contributed by atoms with van der Waals surface area (Å²) in [7, 11) is 1.77. The zero-order valence-electron chi connectivity index (χ0n) is 12.6. The Balaban J connectivity index is 2.14. The van der Waals surface area contributed by atoms with Gasteiger partial charge in [-0.3, -0.25) is 0 Å². The minimum absolute atomic E-state index is 0.659. The van der Waals surface area contributed by atoms with Crippen molar-refractivity contribution in [2.75, 3.05) is 13.7 Å². The molecule has 0 radical (unpaired) electrons. The van der Waals surface area contributed by atoms with Gasteiger partial charge in [-0.2, -0.15) is 0 Å². The summed E-state index contributed by atoms with van der Waals surface area (Å²) in [6, 6.07) is 6.99. The topological polar surface area (TPSA) is 21.3 Å². The fraction of sp³-hybridized carbons (Fsp3) is 0.647. The molecule has 0 heterocycles. The lowest BCUT2D eigenvalue weighted by atomic mass is 9.88. The molecule has 1 aliphatic rings. The van der Waals surface area contributed by atoms with Gasteiger partial charge in [0, 0.05) is 10.5 Å². The lowest BCUT2D eigenvalue weighted by molar-refractivity contribution is 0.331. The van der Waals surface area contributed by atoms with Crippen molar-refractivity contribution in [1.29, 1.82) is 0 Å². The molecule has 0 aromatic heterocycles. The minimum Gasteiger partial charge on any atom is -0.496 e. The molecule has 0 spiro atoms. The number of benzene rings is 1. The highest BCUT2D eigenvalue weighted by molar-refractivity contribution is 9.10. The first-order valence-corrected chi connectivity index (χ1v) is 8.59. The number of hydrogen-bond acceptors (Lipinski definition) is 2. The molecule has 0 aliphatic heterocycles. The standard InChI is InChI=1S/C17H26BrNO/c1-3-19-16-8-6-4-5-7-13(16)11-14-12-15(18)9-10-17(14)20-2/h9-10,12-13,16,19H,3-8,11H2,1-2H3. The predicted molar refractivity (Wildman–Crippen MR) is 88.4 cm³/mol. The van der Waals surface area contributed by atoms with Crippen LogP contribution in [0.2, 0.25) is 0 Å². The van der Waals surface area contributed by atoms with Crippen molar-refractivity contribution >= 4 is 15.9 Å². The molecule has 2 nitrogen and oxygen atoms in total. The van der Waals surface area contributed by atoms with Crippen LogP contribution in [0.3, 0.4) is 0 Å². The van der Waals surface area contributed by atoms with Crippen molar-refractivity contribution in [1.82, 2.24) is 5.32 Å². The van der Waals surface area contributed by atoms with E-state index in [0.717, 1.165) is 29.1 Å². The SMILES string of the molecule is CCNC1CCCCCC1Cc1cc(Br)ccc1OC. The van der Waals surface area contributed by atoms with Gasteiger partial charge in [0.05, 0.1) is 7.11 Å². The van der Waals surface area contributed by atoms with Crippen molar-refractivity contribution in [3.05, 3.63) is 28.2 Å². The van der Waals surface area contributed by atoms with Crippen LogP contribution >= 0.6 is 15.9 Å². The summed E-state index contributed by atoms with van der Waals surface area (Å²) in [5.74, 6) is 1.74. The summed E-state index contributed by atoms with van der Waals surface area (Å²) >= 11 is 3.58. The Morgan fingerprint density at radius 1 is 1.25 bits per heavy atom. The van der Waals surface area contributed by atoms with E-state index in [2.05, 4.69) is 46.4 Å². The molecule has 0 amide bonds. The molecular formula is C17H26BrNO.